The molecule has 1 rings (SSSR count). The minimum absolute atomic E-state index is 0.169. The van der Waals surface area contributed by atoms with E-state index in [9.17, 15) is 0 Å². The van der Waals surface area contributed by atoms with Crippen molar-refractivity contribution in [3.8, 4) is 0 Å². The largest absolute Gasteiger partial charge is 0.351 e. The van der Waals surface area contributed by atoms with Gasteiger partial charge >= 0.3 is 0 Å². The SMILES string of the molecule is CCOC(Cn1ccnc1C)OCC. The summed E-state index contributed by atoms with van der Waals surface area (Å²) in [4.78, 5) is 4.14. The molecule has 0 N–H and O–H groups in total. The highest BCUT2D eigenvalue weighted by molar-refractivity contribution is 4.88. The highest BCUT2D eigenvalue weighted by atomic mass is 16.7. The van der Waals surface area contributed by atoms with Crippen LogP contribution in [-0.4, -0.2) is 29.1 Å². The van der Waals surface area contributed by atoms with Crippen LogP contribution in [0.5, 0.6) is 0 Å². The summed E-state index contributed by atoms with van der Waals surface area (Å²) in [6.45, 7) is 7.93. The van der Waals surface area contributed by atoms with Gasteiger partial charge < -0.3 is 14.0 Å². The molecule has 0 radical (unpaired) electrons. The normalized spacial score (nSPS) is 11.1. The van der Waals surface area contributed by atoms with Gasteiger partial charge in [0.2, 0.25) is 0 Å². The van der Waals surface area contributed by atoms with Crippen LogP contribution < -0.4 is 0 Å². The third kappa shape index (κ3) is 3.12. The van der Waals surface area contributed by atoms with Crippen molar-refractivity contribution in [3.63, 3.8) is 0 Å². The van der Waals surface area contributed by atoms with Crippen molar-refractivity contribution in [2.24, 2.45) is 0 Å². The van der Waals surface area contributed by atoms with Gasteiger partial charge in [0.05, 0.1) is 6.54 Å². The first kappa shape index (κ1) is 11.2. The van der Waals surface area contributed by atoms with Crippen LogP contribution in [-0.2, 0) is 16.0 Å². The molecule has 80 valence electrons. The molecule has 1 aromatic rings. The number of aromatic nitrogens is 2. The summed E-state index contributed by atoms with van der Waals surface area (Å²) in [5.74, 6) is 0.981. The molecule has 14 heavy (non-hydrogen) atoms. The van der Waals surface area contributed by atoms with Crippen LogP contribution >= 0.6 is 0 Å². The van der Waals surface area contributed by atoms with Crippen LogP contribution in [0.1, 0.15) is 19.7 Å². The zero-order chi connectivity index (χ0) is 10.4. The number of imidazole rings is 1. The van der Waals surface area contributed by atoms with Crippen LogP contribution in [0.4, 0.5) is 0 Å². The van der Waals surface area contributed by atoms with Gasteiger partial charge in [0.15, 0.2) is 6.29 Å². The van der Waals surface area contributed by atoms with Gasteiger partial charge in [-0.05, 0) is 20.8 Å². The number of nitrogens with zero attached hydrogens (tertiary/aromatic N) is 2. The molecule has 4 heteroatoms. The Bertz CT molecular complexity index is 254. The standard InChI is InChI=1S/C10H18N2O2/c1-4-13-10(14-5-2)8-12-7-6-11-9(12)3/h6-7,10H,4-5,8H2,1-3H3. The average molecular weight is 198 g/mol. The van der Waals surface area contributed by atoms with Crippen molar-refractivity contribution in [2.75, 3.05) is 13.2 Å². The van der Waals surface area contributed by atoms with E-state index < -0.39 is 0 Å². The highest BCUT2D eigenvalue weighted by Gasteiger charge is 2.09. The molecule has 1 aromatic heterocycles. The molecule has 0 bridgehead atoms. The van der Waals surface area contributed by atoms with Crippen molar-refractivity contribution >= 4 is 0 Å². The summed E-state index contributed by atoms with van der Waals surface area (Å²) in [5, 5.41) is 0. The van der Waals surface area contributed by atoms with Crippen molar-refractivity contribution in [1.82, 2.24) is 9.55 Å². The molecule has 0 spiro atoms. The topological polar surface area (TPSA) is 36.3 Å². The lowest BCUT2D eigenvalue weighted by molar-refractivity contribution is -0.143. The molecule has 0 aliphatic rings. The third-order valence-corrected chi connectivity index (χ3v) is 1.97. The lowest BCUT2D eigenvalue weighted by Crippen LogP contribution is -2.23. The number of hydrogen-bond donors (Lipinski definition) is 0. The van der Waals surface area contributed by atoms with Crippen molar-refractivity contribution < 1.29 is 9.47 Å². The lowest BCUT2D eigenvalue weighted by atomic mass is 10.5. The maximum atomic E-state index is 5.44. The van der Waals surface area contributed by atoms with Gasteiger partial charge in [0.25, 0.3) is 0 Å². The van der Waals surface area contributed by atoms with E-state index in [-0.39, 0.29) is 6.29 Å². The van der Waals surface area contributed by atoms with E-state index in [1.807, 2.05) is 31.5 Å². The predicted molar refractivity (Wildman–Crippen MR) is 54.0 cm³/mol. The second-order valence-electron chi connectivity index (χ2n) is 2.97. The fraction of sp³-hybridized carbons (Fsp3) is 0.700. The number of ether oxygens (including phenoxy) is 2. The summed E-state index contributed by atoms with van der Waals surface area (Å²) < 4.78 is 12.9. The molecular formula is C10H18N2O2. The summed E-state index contributed by atoms with van der Waals surface area (Å²) in [6, 6.07) is 0. The Labute approximate surface area is 84.9 Å². The Morgan fingerprint density at radius 3 is 2.43 bits per heavy atom. The van der Waals surface area contributed by atoms with Gasteiger partial charge in [0, 0.05) is 25.6 Å². The van der Waals surface area contributed by atoms with Crippen LogP contribution in [0.25, 0.3) is 0 Å². The molecule has 0 aromatic carbocycles. The van der Waals surface area contributed by atoms with Gasteiger partial charge in [-0.1, -0.05) is 0 Å². The second kappa shape index (κ2) is 5.78. The van der Waals surface area contributed by atoms with Crippen LogP contribution in [0.3, 0.4) is 0 Å². The van der Waals surface area contributed by atoms with Crippen molar-refractivity contribution in [3.05, 3.63) is 18.2 Å². The third-order valence-electron chi connectivity index (χ3n) is 1.97. The lowest BCUT2D eigenvalue weighted by Gasteiger charge is -2.17. The molecule has 0 unspecified atom stereocenters. The number of hydrogen-bond acceptors (Lipinski definition) is 3. The minimum atomic E-state index is -0.169. The zero-order valence-electron chi connectivity index (χ0n) is 9.06. The van der Waals surface area contributed by atoms with E-state index >= 15 is 0 Å². The van der Waals surface area contributed by atoms with Crippen molar-refractivity contribution in [1.29, 1.82) is 0 Å². The van der Waals surface area contributed by atoms with E-state index in [1.54, 1.807) is 6.20 Å². The Kier molecular flexibility index (Phi) is 4.62. The van der Waals surface area contributed by atoms with Crippen LogP contribution in [0, 0.1) is 6.92 Å². The van der Waals surface area contributed by atoms with E-state index in [0.29, 0.717) is 19.8 Å². The first-order valence-corrected chi connectivity index (χ1v) is 4.98. The fourth-order valence-corrected chi connectivity index (χ4v) is 1.28. The summed E-state index contributed by atoms with van der Waals surface area (Å²) in [5.41, 5.74) is 0. The maximum Gasteiger partial charge on any atom is 0.175 e. The van der Waals surface area contributed by atoms with E-state index in [0.717, 1.165) is 5.82 Å². The maximum absolute atomic E-state index is 5.44. The number of aryl methyl sites for hydroxylation is 1. The van der Waals surface area contributed by atoms with Crippen molar-refractivity contribution in [2.45, 2.75) is 33.6 Å². The zero-order valence-corrected chi connectivity index (χ0v) is 9.06. The van der Waals surface area contributed by atoms with Gasteiger partial charge in [-0.25, -0.2) is 4.98 Å². The molecule has 1 heterocycles. The van der Waals surface area contributed by atoms with Crippen LogP contribution in [0.2, 0.25) is 0 Å². The van der Waals surface area contributed by atoms with Crippen LogP contribution in [0.15, 0.2) is 12.4 Å². The van der Waals surface area contributed by atoms with Gasteiger partial charge in [-0.15, -0.1) is 0 Å². The molecule has 0 atom stereocenters. The smallest absolute Gasteiger partial charge is 0.175 e. The summed E-state index contributed by atoms with van der Waals surface area (Å²) in [7, 11) is 0. The number of rotatable bonds is 6. The minimum Gasteiger partial charge on any atom is -0.351 e. The second-order valence-corrected chi connectivity index (χ2v) is 2.97. The molecule has 4 nitrogen and oxygen atoms in total. The summed E-state index contributed by atoms with van der Waals surface area (Å²) >= 11 is 0. The van der Waals surface area contributed by atoms with Gasteiger partial charge in [-0.2, -0.15) is 0 Å². The first-order chi connectivity index (χ1) is 6.77. The Balaban J connectivity index is 2.50. The molecule has 0 aliphatic carbocycles. The molecule has 0 amide bonds. The van der Waals surface area contributed by atoms with E-state index in [2.05, 4.69) is 4.98 Å². The Morgan fingerprint density at radius 2 is 2.00 bits per heavy atom. The van der Waals surface area contributed by atoms with Gasteiger partial charge in [0.1, 0.15) is 5.82 Å². The fourth-order valence-electron chi connectivity index (χ4n) is 1.28. The quantitative estimate of drug-likeness (QED) is 0.651. The van der Waals surface area contributed by atoms with E-state index in [1.165, 1.54) is 0 Å². The molecule has 0 aliphatic heterocycles. The Morgan fingerprint density at radius 1 is 1.36 bits per heavy atom. The predicted octanol–water partition coefficient (Wildman–Crippen LogP) is 1.59. The molecule has 0 fully saturated rings. The Hall–Kier alpha value is -0.870. The first-order valence-electron chi connectivity index (χ1n) is 4.98. The van der Waals surface area contributed by atoms with E-state index in [4.69, 9.17) is 9.47 Å². The highest BCUT2D eigenvalue weighted by Crippen LogP contribution is 2.02. The molecule has 0 saturated heterocycles. The summed E-state index contributed by atoms with van der Waals surface area (Å²) in [6.07, 6.45) is 3.54. The van der Waals surface area contributed by atoms with Gasteiger partial charge in [-0.3, -0.25) is 0 Å². The molecular weight excluding hydrogens is 180 g/mol. The molecule has 0 saturated carbocycles. The monoisotopic (exact) mass is 198 g/mol. The average Bonchev–Trinajstić information content (AvgIpc) is 2.53.